The Morgan fingerprint density at radius 1 is 1.07 bits per heavy atom. The summed E-state index contributed by atoms with van der Waals surface area (Å²) in [7, 11) is 0. The van der Waals surface area contributed by atoms with Gasteiger partial charge in [-0.25, -0.2) is 19.0 Å². The van der Waals surface area contributed by atoms with E-state index in [9.17, 15) is 14.3 Å². The van der Waals surface area contributed by atoms with Crippen LogP contribution in [-0.2, 0) is 4.74 Å². The predicted octanol–water partition coefficient (Wildman–Crippen LogP) is 4.32. The highest BCUT2D eigenvalue weighted by molar-refractivity contribution is 5.98. The number of hydrogen-bond acceptors (Lipinski definition) is 8. The summed E-state index contributed by atoms with van der Waals surface area (Å²) < 4.78 is 23.4. The van der Waals surface area contributed by atoms with Crippen LogP contribution in [0.3, 0.4) is 0 Å². The third-order valence-corrected chi connectivity index (χ3v) is 7.75. The summed E-state index contributed by atoms with van der Waals surface area (Å²) in [4.78, 5) is 28.2. The van der Waals surface area contributed by atoms with Crippen molar-refractivity contribution in [1.29, 1.82) is 0 Å². The number of morpholine rings is 1. The van der Waals surface area contributed by atoms with Gasteiger partial charge in [-0.1, -0.05) is 6.07 Å². The first-order valence-corrected chi connectivity index (χ1v) is 13.8. The van der Waals surface area contributed by atoms with Crippen molar-refractivity contribution in [3.8, 4) is 28.4 Å². The lowest BCUT2D eigenvalue weighted by atomic mass is 10.1. The number of nitrogen functional groups attached to an aromatic ring is 1. The number of hydrogen-bond donors (Lipinski definition) is 2. The van der Waals surface area contributed by atoms with Gasteiger partial charge in [0.1, 0.15) is 29.4 Å². The molecule has 1 aliphatic rings. The first-order chi connectivity index (χ1) is 20.9. The number of rotatable bonds is 5. The Morgan fingerprint density at radius 3 is 2.67 bits per heavy atom. The molecule has 1 unspecified atom stereocenters. The molecule has 43 heavy (non-hydrogen) atoms. The molecular formula is C31H27FN8O3. The molecule has 6 heterocycles. The normalized spacial score (nSPS) is 14.4. The lowest BCUT2D eigenvalue weighted by molar-refractivity contribution is 0.0302. The molecule has 0 saturated carbocycles. The molecule has 12 heteroatoms. The number of phenolic OH excluding ortho intramolecular Hbond substituents is 1. The minimum atomic E-state index is -0.608. The van der Waals surface area contributed by atoms with Crippen LogP contribution in [0.1, 0.15) is 28.9 Å². The van der Waals surface area contributed by atoms with Gasteiger partial charge in [-0.05, 0) is 49.4 Å². The minimum Gasteiger partial charge on any atom is -0.508 e. The van der Waals surface area contributed by atoms with Crippen LogP contribution < -0.4 is 5.73 Å². The predicted molar refractivity (Wildman–Crippen MR) is 158 cm³/mol. The van der Waals surface area contributed by atoms with Crippen LogP contribution in [0.5, 0.6) is 5.75 Å². The van der Waals surface area contributed by atoms with E-state index < -0.39 is 5.82 Å². The van der Waals surface area contributed by atoms with Crippen LogP contribution in [0, 0.1) is 5.82 Å². The fraction of sp³-hybridized carbons (Fsp3) is 0.194. The van der Waals surface area contributed by atoms with E-state index in [0.29, 0.717) is 59.9 Å². The maximum atomic E-state index is 14.3. The quantitative estimate of drug-likeness (QED) is 0.309. The zero-order valence-corrected chi connectivity index (χ0v) is 23.2. The average Bonchev–Trinajstić information content (AvgIpc) is 3.61. The molecule has 1 amide bonds. The van der Waals surface area contributed by atoms with Crippen LogP contribution in [-0.4, -0.2) is 71.4 Å². The van der Waals surface area contributed by atoms with Gasteiger partial charge in [-0.15, -0.1) is 0 Å². The van der Waals surface area contributed by atoms with Crippen molar-refractivity contribution in [2.45, 2.75) is 13.0 Å². The van der Waals surface area contributed by atoms with Crippen molar-refractivity contribution in [3.63, 3.8) is 0 Å². The number of carbonyl (C=O) groups excluding carboxylic acids is 1. The van der Waals surface area contributed by atoms with Gasteiger partial charge in [0.25, 0.3) is 5.91 Å². The molecule has 0 radical (unpaired) electrons. The van der Waals surface area contributed by atoms with E-state index in [0.717, 1.165) is 22.8 Å². The highest BCUT2D eigenvalue weighted by Crippen LogP contribution is 2.38. The van der Waals surface area contributed by atoms with Gasteiger partial charge < -0.3 is 24.9 Å². The minimum absolute atomic E-state index is 0.0767. The molecule has 0 spiro atoms. The van der Waals surface area contributed by atoms with Gasteiger partial charge in [-0.3, -0.25) is 9.78 Å². The second-order valence-corrected chi connectivity index (χ2v) is 10.4. The van der Waals surface area contributed by atoms with Gasteiger partial charge in [0.05, 0.1) is 41.6 Å². The maximum absolute atomic E-state index is 14.3. The molecule has 0 bridgehead atoms. The highest BCUT2D eigenvalue weighted by atomic mass is 19.1. The Balaban J connectivity index is 1.35. The van der Waals surface area contributed by atoms with Crippen molar-refractivity contribution in [3.05, 3.63) is 90.3 Å². The number of nitrogens with zero attached hydrogens (tertiary/aromatic N) is 7. The topological polar surface area (TPSA) is 137 Å². The van der Waals surface area contributed by atoms with Gasteiger partial charge in [-0.2, -0.15) is 5.10 Å². The molecule has 216 valence electrons. The summed E-state index contributed by atoms with van der Waals surface area (Å²) >= 11 is 0. The molecule has 6 aromatic rings. The van der Waals surface area contributed by atoms with Crippen LogP contribution in [0.25, 0.3) is 39.2 Å². The van der Waals surface area contributed by atoms with Crippen molar-refractivity contribution >= 4 is 28.3 Å². The van der Waals surface area contributed by atoms with Crippen molar-refractivity contribution < 1.29 is 19.0 Å². The van der Waals surface area contributed by atoms with E-state index in [1.807, 2.05) is 41.8 Å². The summed E-state index contributed by atoms with van der Waals surface area (Å²) in [6.45, 7) is 4.13. The number of fused-ring (bicyclic) bond motifs is 2. The smallest absolute Gasteiger partial charge is 0.255 e. The van der Waals surface area contributed by atoms with E-state index in [1.54, 1.807) is 21.8 Å². The number of carbonyl (C=O) groups is 1. The Hall–Kier alpha value is -5.36. The number of benzene rings is 1. The van der Waals surface area contributed by atoms with E-state index in [1.165, 1.54) is 18.5 Å². The number of pyridine rings is 2. The lowest BCUT2D eigenvalue weighted by Crippen LogP contribution is -2.40. The number of phenols is 1. The van der Waals surface area contributed by atoms with E-state index in [2.05, 4.69) is 16.0 Å². The van der Waals surface area contributed by atoms with Crippen molar-refractivity contribution in [1.82, 2.24) is 34.0 Å². The Labute approximate surface area is 245 Å². The molecule has 1 saturated heterocycles. The Bertz CT molecular complexity index is 1980. The molecule has 1 atom stereocenters. The number of halogens is 1. The third kappa shape index (κ3) is 4.61. The SMILES string of the molecule is CC(c1cc2ccccn2c1-c1ccc(C(=O)N2CCOCC2)cn1)n1nc(-c2cc(O)cc(F)c2)c2c(N)ncnc21. The lowest BCUT2D eigenvalue weighted by Gasteiger charge is -2.26. The van der Waals surface area contributed by atoms with E-state index in [4.69, 9.17) is 20.6 Å². The van der Waals surface area contributed by atoms with Gasteiger partial charge in [0.2, 0.25) is 0 Å². The first-order valence-electron chi connectivity index (χ1n) is 13.8. The van der Waals surface area contributed by atoms with Gasteiger partial charge in [0, 0.05) is 48.2 Å². The Kier molecular flexibility index (Phi) is 6.47. The zero-order chi connectivity index (χ0) is 29.7. The van der Waals surface area contributed by atoms with Crippen LogP contribution >= 0.6 is 0 Å². The molecule has 1 aliphatic heterocycles. The van der Waals surface area contributed by atoms with Crippen molar-refractivity contribution in [2.75, 3.05) is 32.0 Å². The van der Waals surface area contributed by atoms with E-state index >= 15 is 0 Å². The molecule has 11 nitrogen and oxygen atoms in total. The molecule has 3 N–H and O–H groups in total. The molecule has 1 fully saturated rings. The van der Waals surface area contributed by atoms with Crippen LogP contribution in [0.2, 0.25) is 0 Å². The fourth-order valence-corrected chi connectivity index (χ4v) is 5.65. The standard InChI is InChI=1S/C31H27FN8O3/c1-18(40-30-26(29(33)35-17-36-30)27(37-40)20-12-21(32)14-23(41)13-20)24-15-22-4-2-3-7-39(22)28(24)25-6-5-19(16-34-25)31(42)38-8-10-43-11-9-38/h2-7,12-18,41H,8-11H2,1H3,(H2,33,35,36). The Morgan fingerprint density at radius 2 is 1.91 bits per heavy atom. The molecule has 1 aromatic carbocycles. The first kappa shape index (κ1) is 26.5. The zero-order valence-electron chi connectivity index (χ0n) is 23.2. The number of amides is 1. The second-order valence-electron chi connectivity index (χ2n) is 10.4. The largest absolute Gasteiger partial charge is 0.508 e. The summed E-state index contributed by atoms with van der Waals surface area (Å²) in [6, 6.07) is 14.9. The summed E-state index contributed by atoms with van der Waals surface area (Å²) in [5, 5.41) is 15.4. The number of nitrogens with two attached hydrogens (primary N) is 1. The number of aromatic hydroxyl groups is 1. The summed E-state index contributed by atoms with van der Waals surface area (Å²) in [5.41, 5.74) is 11.3. The molecule has 7 rings (SSSR count). The number of ether oxygens (including phenoxy) is 1. The van der Waals surface area contributed by atoms with Crippen LogP contribution in [0.15, 0.2) is 73.3 Å². The maximum Gasteiger partial charge on any atom is 0.255 e. The van der Waals surface area contributed by atoms with Gasteiger partial charge >= 0.3 is 0 Å². The number of aromatic nitrogens is 6. The van der Waals surface area contributed by atoms with Crippen LogP contribution in [0.4, 0.5) is 10.2 Å². The summed E-state index contributed by atoms with van der Waals surface area (Å²) in [6.07, 6.45) is 4.92. The monoisotopic (exact) mass is 578 g/mol. The molecule has 0 aliphatic carbocycles. The fourth-order valence-electron chi connectivity index (χ4n) is 5.65. The summed E-state index contributed by atoms with van der Waals surface area (Å²) in [5.74, 6) is -0.730. The third-order valence-electron chi connectivity index (χ3n) is 7.75. The van der Waals surface area contributed by atoms with Gasteiger partial charge in [0.15, 0.2) is 5.65 Å². The average molecular weight is 579 g/mol. The second kappa shape index (κ2) is 10.5. The van der Waals surface area contributed by atoms with E-state index in [-0.39, 0.29) is 23.5 Å². The number of anilines is 1. The molecular weight excluding hydrogens is 551 g/mol. The van der Waals surface area contributed by atoms with Crippen molar-refractivity contribution in [2.24, 2.45) is 0 Å². The highest BCUT2D eigenvalue weighted by Gasteiger charge is 2.26. The molecule has 5 aromatic heterocycles.